The molecule has 2 aromatic rings. The van der Waals surface area contributed by atoms with Crippen molar-refractivity contribution in [2.24, 2.45) is 0 Å². The number of carbonyl (C=O) groups is 1. The molecule has 3 heterocycles. The highest BCUT2D eigenvalue weighted by molar-refractivity contribution is 7.81. The second kappa shape index (κ2) is 8.77. The molecule has 0 bridgehead atoms. The number of hydrogen-bond acceptors (Lipinski definition) is 6. The minimum absolute atomic E-state index is 0.0406. The molecule has 2 saturated heterocycles. The van der Waals surface area contributed by atoms with E-state index in [1.807, 2.05) is 0 Å². The van der Waals surface area contributed by atoms with E-state index in [1.165, 1.54) is 6.07 Å². The van der Waals surface area contributed by atoms with Gasteiger partial charge in [0.05, 0.1) is 24.0 Å². The number of ether oxygens (including phenoxy) is 1. The number of hydrogen-bond donors (Lipinski definition) is 0. The van der Waals surface area contributed by atoms with Gasteiger partial charge in [0, 0.05) is 18.8 Å². The highest BCUT2D eigenvalue weighted by atomic mass is 32.1. The SMILES string of the molecule is C#CCN1CC(Oc2ccc(N3C(=S)N(c4cnc(C#N)c(C(F)(F)F)c4)C(=O)C34CCC4)cc2)C1. The Morgan fingerprint density at radius 2 is 1.92 bits per heavy atom. The average Bonchev–Trinajstić information content (AvgIpc) is 3.04. The van der Waals surface area contributed by atoms with Crippen molar-refractivity contribution in [2.75, 3.05) is 29.4 Å². The van der Waals surface area contributed by atoms with Crippen LogP contribution in [0, 0.1) is 23.7 Å². The number of anilines is 2. The Morgan fingerprint density at radius 3 is 2.47 bits per heavy atom. The van der Waals surface area contributed by atoms with E-state index >= 15 is 0 Å². The normalized spacial score (nSPS) is 19.6. The summed E-state index contributed by atoms with van der Waals surface area (Å²) in [6, 6.07) is 9.35. The number of thiocarbonyl (C=S) groups is 1. The number of rotatable bonds is 5. The summed E-state index contributed by atoms with van der Waals surface area (Å²) >= 11 is 5.62. The molecule has 11 heteroatoms. The number of nitrogens with zero attached hydrogens (tertiary/aromatic N) is 5. The number of terminal acetylenes is 1. The molecule has 1 saturated carbocycles. The maximum atomic E-state index is 13.5. The van der Waals surface area contributed by atoms with E-state index in [1.54, 1.807) is 29.2 Å². The van der Waals surface area contributed by atoms with Crippen LogP contribution in [-0.2, 0) is 11.0 Å². The zero-order chi connectivity index (χ0) is 25.7. The second-order valence-electron chi connectivity index (χ2n) is 8.97. The summed E-state index contributed by atoms with van der Waals surface area (Å²) in [6.45, 7) is 2.07. The van der Waals surface area contributed by atoms with Gasteiger partial charge in [-0.2, -0.15) is 18.4 Å². The number of likely N-dealkylation sites (tertiary alicyclic amines) is 1. The average molecular weight is 512 g/mol. The number of nitriles is 1. The molecule has 1 aromatic heterocycles. The molecule has 184 valence electrons. The smallest absolute Gasteiger partial charge is 0.419 e. The predicted molar refractivity (Wildman–Crippen MR) is 129 cm³/mol. The minimum atomic E-state index is -4.81. The lowest BCUT2D eigenvalue weighted by Gasteiger charge is -2.43. The number of halogens is 3. The van der Waals surface area contributed by atoms with Crippen molar-refractivity contribution in [2.45, 2.75) is 37.1 Å². The van der Waals surface area contributed by atoms with Crippen molar-refractivity contribution >= 4 is 34.6 Å². The lowest BCUT2D eigenvalue weighted by Crippen LogP contribution is -2.55. The van der Waals surface area contributed by atoms with E-state index in [9.17, 15) is 18.0 Å². The van der Waals surface area contributed by atoms with Crippen LogP contribution < -0.4 is 14.5 Å². The van der Waals surface area contributed by atoms with Crippen LogP contribution in [0.1, 0.15) is 30.5 Å². The fourth-order valence-corrected chi connectivity index (χ4v) is 5.28. The Hall–Kier alpha value is -3.67. The predicted octanol–water partition coefficient (Wildman–Crippen LogP) is 3.73. The Labute approximate surface area is 211 Å². The van der Waals surface area contributed by atoms with Crippen LogP contribution >= 0.6 is 12.2 Å². The highest BCUT2D eigenvalue weighted by Gasteiger charge is 2.59. The van der Waals surface area contributed by atoms with Crippen molar-refractivity contribution < 1.29 is 22.7 Å². The minimum Gasteiger partial charge on any atom is -0.488 e. The number of amides is 1. The van der Waals surface area contributed by atoms with Gasteiger partial charge in [-0.3, -0.25) is 14.6 Å². The molecule has 1 amide bonds. The molecule has 36 heavy (non-hydrogen) atoms. The zero-order valence-electron chi connectivity index (χ0n) is 19.0. The monoisotopic (exact) mass is 511 g/mol. The van der Waals surface area contributed by atoms with Gasteiger partial charge in [-0.1, -0.05) is 5.92 Å². The van der Waals surface area contributed by atoms with E-state index in [4.69, 9.17) is 28.6 Å². The first kappa shape index (κ1) is 24.0. The fourth-order valence-electron chi connectivity index (χ4n) is 4.81. The molecular formula is C25H20F3N5O2S. The van der Waals surface area contributed by atoms with E-state index in [0.717, 1.165) is 36.7 Å². The molecule has 3 aliphatic rings. The molecule has 0 atom stereocenters. The molecule has 5 rings (SSSR count). The van der Waals surface area contributed by atoms with E-state index in [0.29, 0.717) is 30.8 Å². The highest BCUT2D eigenvalue weighted by Crippen LogP contribution is 2.48. The largest absolute Gasteiger partial charge is 0.488 e. The fraction of sp³-hybridized carbons (Fsp3) is 0.360. The summed E-state index contributed by atoms with van der Waals surface area (Å²) in [5, 5.41) is 9.12. The molecule has 0 unspecified atom stereocenters. The molecule has 3 fully saturated rings. The summed E-state index contributed by atoms with van der Waals surface area (Å²) in [5.41, 5.74) is -2.41. The van der Waals surface area contributed by atoms with Gasteiger partial charge in [-0.05, 0) is 61.8 Å². The van der Waals surface area contributed by atoms with Gasteiger partial charge in [-0.15, -0.1) is 6.42 Å². The summed E-state index contributed by atoms with van der Waals surface area (Å²) in [6.07, 6.45) is 3.45. The van der Waals surface area contributed by atoms with Crippen molar-refractivity contribution in [3.63, 3.8) is 0 Å². The van der Waals surface area contributed by atoms with Crippen LogP contribution in [0.15, 0.2) is 36.5 Å². The Bertz CT molecular complexity index is 1300. The molecule has 2 aliphatic heterocycles. The molecular weight excluding hydrogens is 491 g/mol. The lowest BCUT2D eigenvalue weighted by molar-refractivity contribution is -0.138. The van der Waals surface area contributed by atoms with Crippen molar-refractivity contribution in [3.05, 3.63) is 47.8 Å². The maximum Gasteiger partial charge on any atom is 0.419 e. The van der Waals surface area contributed by atoms with Crippen molar-refractivity contribution in [3.8, 4) is 24.2 Å². The first-order valence-corrected chi connectivity index (χ1v) is 11.7. The van der Waals surface area contributed by atoms with Gasteiger partial charge in [0.25, 0.3) is 5.91 Å². The number of alkyl halides is 3. The number of aromatic nitrogens is 1. The first-order chi connectivity index (χ1) is 17.2. The summed E-state index contributed by atoms with van der Waals surface area (Å²) in [5.74, 6) is 2.86. The zero-order valence-corrected chi connectivity index (χ0v) is 19.8. The number of carbonyl (C=O) groups excluding carboxylic acids is 1. The van der Waals surface area contributed by atoms with Crippen LogP contribution in [0.2, 0.25) is 0 Å². The summed E-state index contributed by atoms with van der Waals surface area (Å²) in [7, 11) is 0. The van der Waals surface area contributed by atoms with Gasteiger partial charge in [0.2, 0.25) is 0 Å². The Morgan fingerprint density at radius 1 is 1.22 bits per heavy atom. The van der Waals surface area contributed by atoms with E-state index in [2.05, 4.69) is 15.8 Å². The Kier molecular flexibility index (Phi) is 5.86. The van der Waals surface area contributed by atoms with Gasteiger partial charge in [0.15, 0.2) is 10.8 Å². The number of pyridine rings is 1. The molecule has 1 spiro atoms. The van der Waals surface area contributed by atoms with Crippen LogP contribution in [0.3, 0.4) is 0 Å². The third kappa shape index (κ3) is 3.85. The third-order valence-corrected chi connectivity index (χ3v) is 7.14. The van der Waals surface area contributed by atoms with Crippen molar-refractivity contribution in [1.82, 2.24) is 9.88 Å². The molecule has 1 aliphatic carbocycles. The topological polar surface area (TPSA) is 72.7 Å². The van der Waals surface area contributed by atoms with Crippen LogP contribution in [0.5, 0.6) is 5.75 Å². The first-order valence-electron chi connectivity index (χ1n) is 11.3. The standard InChI is InChI=1S/C25H20F3N5O2S/c1-2-10-31-14-19(15-31)35-18-6-4-16(5-7-18)33-23(36)32(22(34)24(33)8-3-9-24)17-11-20(25(26,27)28)21(12-29)30-13-17/h1,4-7,11,13,19H,3,8-10,14-15H2. The van der Waals surface area contributed by atoms with Crippen LogP contribution in [0.4, 0.5) is 24.5 Å². The third-order valence-electron chi connectivity index (χ3n) is 6.77. The maximum absolute atomic E-state index is 13.5. The van der Waals surface area contributed by atoms with Gasteiger partial charge < -0.3 is 9.64 Å². The van der Waals surface area contributed by atoms with E-state index in [-0.39, 0.29) is 16.9 Å². The summed E-state index contributed by atoms with van der Waals surface area (Å²) < 4.78 is 46.5. The molecule has 7 nitrogen and oxygen atoms in total. The Balaban J connectivity index is 1.41. The van der Waals surface area contributed by atoms with Gasteiger partial charge in [0.1, 0.15) is 23.5 Å². The second-order valence-corrected chi connectivity index (χ2v) is 9.34. The van der Waals surface area contributed by atoms with Gasteiger partial charge >= 0.3 is 6.18 Å². The van der Waals surface area contributed by atoms with Crippen LogP contribution in [0.25, 0.3) is 0 Å². The molecule has 0 N–H and O–H groups in total. The lowest BCUT2D eigenvalue weighted by atomic mass is 9.75. The van der Waals surface area contributed by atoms with E-state index < -0.39 is 28.9 Å². The summed E-state index contributed by atoms with van der Waals surface area (Å²) in [4.78, 5) is 22.1. The van der Waals surface area contributed by atoms with Crippen molar-refractivity contribution in [1.29, 1.82) is 5.26 Å². The molecule has 1 aromatic carbocycles. The number of benzene rings is 1. The molecule has 0 radical (unpaired) electrons. The van der Waals surface area contributed by atoms with Crippen LogP contribution in [-0.4, -0.2) is 52.2 Å². The van der Waals surface area contributed by atoms with Gasteiger partial charge in [-0.25, -0.2) is 4.98 Å². The quantitative estimate of drug-likeness (QED) is 0.448.